The molecule has 1 atom stereocenters. The van der Waals surface area contributed by atoms with Crippen molar-refractivity contribution in [3.63, 3.8) is 0 Å². The van der Waals surface area contributed by atoms with Crippen LogP contribution in [0, 0.1) is 0 Å². The molecular formula is C13H10BrNO3S. The summed E-state index contributed by atoms with van der Waals surface area (Å²) in [6, 6.07) is 12.0. The first-order valence-corrected chi connectivity index (χ1v) is 6.99. The number of benzene rings is 1. The second-order valence-electron chi connectivity index (χ2n) is 3.70. The van der Waals surface area contributed by atoms with Gasteiger partial charge in [0, 0.05) is 5.56 Å². The number of hydrogen-bond acceptors (Lipinski definition) is 4. The first-order valence-electron chi connectivity index (χ1n) is 5.38. The molecule has 19 heavy (non-hydrogen) atoms. The van der Waals surface area contributed by atoms with E-state index in [0.29, 0.717) is 10.4 Å². The van der Waals surface area contributed by atoms with Crippen molar-refractivity contribution >= 4 is 39.1 Å². The minimum Gasteiger partial charge on any atom is -0.443 e. The van der Waals surface area contributed by atoms with Crippen LogP contribution >= 0.6 is 27.3 Å². The average Bonchev–Trinajstić information content (AvgIpc) is 2.83. The Morgan fingerprint density at radius 2 is 1.84 bits per heavy atom. The summed E-state index contributed by atoms with van der Waals surface area (Å²) >= 11 is 4.49. The molecule has 0 bridgehead atoms. The summed E-state index contributed by atoms with van der Waals surface area (Å²) in [7, 11) is 0. The number of primary amides is 1. The van der Waals surface area contributed by atoms with Crippen LogP contribution in [0.3, 0.4) is 0 Å². The van der Waals surface area contributed by atoms with E-state index in [1.54, 1.807) is 42.5 Å². The molecule has 0 saturated carbocycles. The maximum atomic E-state index is 11.9. The molecule has 0 saturated heterocycles. The number of amides is 1. The largest absolute Gasteiger partial charge is 0.443 e. The predicted molar refractivity (Wildman–Crippen MR) is 75.8 cm³/mol. The molecule has 4 nitrogen and oxygen atoms in total. The Kier molecular flexibility index (Phi) is 4.34. The fourth-order valence-corrected chi connectivity index (χ4v) is 2.78. The zero-order chi connectivity index (χ0) is 13.8. The number of ether oxygens (including phenoxy) is 1. The molecule has 0 aliphatic heterocycles. The molecule has 0 aliphatic carbocycles. The zero-order valence-corrected chi connectivity index (χ0v) is 12.1. The van der Waals surface area contributed by atoms with Crippen LogP contribution in [0.5, 0.6) is 0 Å². The summed E-state index contributed by atoms with van der Waals surface area (Å²) in [5.74, 6) is -1.27. The van der Waals surface area contributed by atoms with Crippen molar-refractivity contribution in [2.75, 3.05) is 0 Å². The zero-order valence-electron chi connectivity index (χ0n) is 9.71. The highest BCUT2D eigenvalue weighted by Crippen LogP contribution is 2.25. The van der Waals surface area contributed by atoms with Crippen molar-refractivity contribution in [3.05, 3.63) is 56.7 Å². The normalized spacial score (nSPS) is 11.8. The highest BCUT2D eigenvalue weighted by Gasteiger charge is 2.23. The molecule has 1 amide bonds. The lowest BCUT2D eigenvalue weighted by atomic mass is 10.1. The maximum Gasteiger partial charge on any atom is 0.349 e. The van der Waals surface area contributed by atoms with Gasteiger partial charge in [0.2, 0.25) is 6.10 Å². The Hall–Kier alpha value is -1.66. The molecule has 2 rings (SSSR count). The van der Waals surface area contributed by atoms with Crippen molar-refractivity contribution in [3.8, 4) is 0 Å². The number of carbonyl (C=O) groups is 2. The third-order valence-electron chi connectivity index (χ3n) is 2.36. The third-order valence-corrected chi connectivity index (χ3v) is 3.96. The number of esters is 1. The van der Waals surface area contributed by atoms with Crippen molar-refractivity contribution in [1.29, 1.82) is 0 Å². The van der Waals surface area contributed by atoms with Crippen molar-refractivity contribution in [2.45, 2.75) is 6.10 Å². The monoisotopic (exact) mass is 339 g/mol. The van der Waals surface area contributed by atoms with Crippen LogP contribution < -0.4 is 5.73 Å². The van der Waals surface area contributed by atoms with Crippen molar-refractivity contribution in [2.24, 2.45) is 5.73 Å². The van der Waals surface area contributed by atoms with E-state index >= 15 is 0 Å². The molecular weight excluding hydrogens is 330 g/mol. The molecule has 0 aliphatic rings. The highest BCUT2D eigenvalue weighted by atomic mass is 79.9. The van der Waals surface area contributed by atoms with E-state index in [9.17, 15) is 9.59 Å². The van der Waals surface area contributed by atoms with Crippen LogP contribution in [0.1, 0.15) is 21.3 Å². The van der Waals surface area contributed by atoms with E-state index in [4.69, 9.17) is 10.5 Å². The van der Waals surface area contributed by atoms with Gasteiger partial charge in [-0.25, -0.2) is 4.79 Å². The van der Waals surface area contributed by atoms with Gasteiger partial charge in [-0.1, -0.05) is 30.3 Å². The lowest BCUT2D eigenvalue weighted by molar-refractivity contribution is -0.127. The fraction of sp³-hybridized carbons (Fsp3) is 0.0769. The minimum atomic E-state index is -1.07. The van der Waals surface area contributed by atoms with Gasteiger partial charge >= 0.3 is 5.97 Å². The number of hydrogen-bond donors (Lipinski definition) is 1. The summed E-state index contributed by atoms with van der Waals surface area (Å²) in [5, 5.41) is 0. The Balaban J connectivity index is 2.18. The SMILES string of the molecule is NC(=O)[C@H](OC(=O)c1ccc(Br)s1)c1ccccc1. The van der Waals surface area contributed by atoms with E-state index < -0.39 is 18.0 Å². The van der Waals surface area contributed by atoms with Gasteiger partial charge in [-0.05, 0) is 28.1 Å². The smallest absolute Gasteiger partial charge is 0.349 e. The second kappa shape index (κ2) is 5.99. The average molecular weight is 340 g/mol. The molecule has 0 spiro atoms. The van der Waals surface area contributed by atoms with Crippen LogP contribution in [-0.4, -0.2) is 11.9 Å². The number of rotatable bonds is 4. The molecule has 2 aromatic rings. The molecule has 6 heteroatoms. The molecule has 1 aromatic heterocycles. The van der Waals surface area contributed by atoms with E-state index in [2.05, 4.69) is 15.9 Å². The number of thiophene rings is 1. The fourth-order valence-electron chi connectivity index (χ4n) is 1.51. The summed E-state index contributed by atoms with van der Waals surface area (Å²) in [5.41, 5.74) is 5.83. The van der Waals surface area contributed by atoms with Gasteiger partial charge in [-0.15, -0.1) is 11.3 Å². The number of carbonyl (C=O) groups excluding carboxylic acids is 2. The lowest BCUT2D eigenvalue weighted by Gasteiger charge is -2.14. The third kappa shape index (κ3) is 3.42. The van der Waals surface area contributed by atoms with Crippen LogP contribution in [0.4, 0.5) is 0 Å². The van der Waals surface area contributed by atoms with Gasteiger partial charge in [-0.2, -0.15) is 0 Å². The van der Waals surface area contributed by atoms with E-state index in [-0.39, 0.29) is 0 Å². The van der Waals surface area contributed by atoms with Gasteiger partial charge in [0.1, 0.15) is 4.88 Å². The lowest BCUT2D eigenvalue weighted by Crippen LogP contribution is -2.26. The van der Waals surface area contributed by atoms with E-state index in [0.717, 1.165) is 3.79 Å². The number of halogens is 1. The van der Waals surface area contributed by atoms with Gasteiger partial charge in [0.15, 0.2) is 0 Å². The summed E-state index contributed by atoms with van der Waals surface area (Å²) in [6.07, 6.45) is -1.07. The highest BCUT2D eigenvalue weighted by molar-refractivity contribution is 9.11. The maximum absolute atomic E-state index is 11.9. The molecule has 2 N–H and O–H groups in total. The quantitative estimate of drug-likeness (QED) is 0.870. The van der Waals surface area contributed by atoms with Crippen molar-refractivity contribution < 1.29 is 14.3 Å². The van der Waals surface area contributed by atoms with E-state index in [1.165, 1.54) is 11.3 Å². The molecule has 1 aromatic carbocycles. The predicted octanol–water partition coefficient (Wildman–Crippen LogP) is 2.89. The van der Waals surface area contributed by atoms with Crippen molar-refractivity contribution in [1.82, 2.24) is 0 Å². The summed E-state index contributed by atoms with van der Waals surface area (Å²) in [4.78, 5) is 23.7. The van der Waals surface area contributed by atoms with E-state index in [1.807, 2.05) is 0 Å². The Bertz CT molecular complexity index is 597. The van der Waals surface area contributed by atoms with Crippen LogP contribution in [0.15, 0.2) is 46.3 Å². The Labute approximate surface area is 122 Å². The van der Waals surface area contributed by atoms with Gasteiger partial charge in [0.25, 0.3) is 5.91 Å². The first kappa shape index (κ1) is 13.8. The van der Waals surface area contributed by atoms with Crippen LogP contribution in [0.25, 0.3) is 0 Å². The topological polar surface area (TPSA) is 69.4 Å². The molecule has 0 fully saturated rings. The van der Waals surface area contributed by atoms with Gasteiger partial charge < -0.3 is 10.5 Å². The summed E-state index contributed by atoms with van der Waals surface area (Å²) < 4.78 is 5.99. The van der Waals surface area contributed by atoms with Crippen LogP contribution in [-0.2, 0) is 9.53 Å². The second-order valence-corrected chi connectivity index (χ2v) is 6.17. The standard InChI is InChI=1S/C13H10BrNO3S/c14-10-7-6-9(19-10)13(17)18-11(12(15)16)8-4-2-1-3-5-8/h1-7,11H,(H2,15,16)/t11-/m1/s1. The van der Waals surface area contributed by atoms with Crippen LogP contribution in [0.2, 0.25) is 0 Å². The number of nitrogens with two attached hydrogens (primary N) is 1. The Morgan fingerprint density at radius 1 is 1.16 bits per heavy atom. The molecule has 1 heterocycles. The minimum absolute atomic E-state index is 0.411. The van der Waals surface area contributed by atoms with Gasteiger partial charge in [-0.3, -0.25) is 4.79 Å². The van der Waals surface area contributed by atoms with Gasteiger partial charge in [0.05, 0.1) is 3.79 Å². The molecule has 0 radical (unpaired) electrons. The molecule has 98 valence electrons. The first-order chi connectivity index (χ1) is 9.08. The summed E-state index contributed by atoms with van der Waals surface area (Å²) in [6.45, 7) is 0. The Morgan fingerprint density at radius 3 is 2.37 bits per heavy atom. The molecule has 0 unspecified atom stereocenters.